The van der Waals surface area contributed by atoms with Crippen molar-refractivity contribution in [2.75, 3.05) is 32.8 Å². The summed E-state index contributed by atoms with van der Waals surface area (Å²) < 4.78 is 6.48. The first-order chi connectivity index (χ1) is 15.5. The van der Waals surface area contributed by atoms with Crippen LogP contribution in [-0.4, -0.2) is 69.3 Å². The van der Waals surface area contributed by atoms with Crippen molar-refractivity contribution < 1.29 is 19.2 Å². The van der Waals surface area contributed by atoms with Gasteiger partial charge in [-0.1, -0.05) is 12.1 Å². The Bertz CT molecular complexity index is 1140. The molecule has 0 saturated carbocycles. The van der Waals surface area contributed by atoms with E-state index in [1.54, 1.807) is 34.9 Å². The Hall–Kier alpha value is -3.73. The second kappa shape index (κ2) is 9.18. The summed E-state index contributed by atoms with van der Waals surface area (Å²) in [6, 6.07) is 11.5. The van der Waals surface area contributed by atoms with E-state index in [-0.39, 0.29) is 17.7 Å². The zero-order valence-electron chi connectivity index (χ0n) is 17.3. The molecule has 2 aromatic heterocycles. The van der Waals surface area contributed by atoms with Crippen LogP contribution >= 0.6 is 11.3 Å². The Balaban J connectivity index is 1.64. The van der Waals surface area contributed by atoms with E-state index in [2.05, 4.69) is 5.10 Å². The highest BCUT2D eigenvalue weighted by Crippen LogP contribution is 2.27. The normalized spacial score (nSPS) is 13.8. The fourth-order valence-electron chi connectivity index (χ4n) is 3.48. The Morgan fingerprint density at radius 3 is 2.53 bits per heavy atom. The molecule has 32 heavy (non-hydrogen) atoms. The fraction of sp³-hybridized carbons (Fsp3) is 0.286. The number of nitro groups is 1. The van der Waals surface area contributed by atoms with Crippen molar-refractivity contribution in [3.05, 3.63) is 63.7 Å². The van der Waals surface area contributed by atoms with Gasteiger partial charge in [0.25, 0.3) is 11.6 Å². The summed E-state index contributed by atoms with van der Waals surface area (Å²) in [7, 11) is 0. The van der Waals surface area contributed by atoms with Gasteiger partial charge in [-0.25, -0.2) is 9.48 Å². The third-order valence-electron chi connectivity index (χ3n) is 5.08. The largest absolute Gasteiger partial charge is 0.450 e. The topological polar surface area (TPSA) is 111 Å². The Morgan fingerprint density at radius 1 is 1.12 bits per heavy atom. The second-order valence-corrected chi connectivity index (χ2v) is 8.01. The van der Waals surface area contributed by atoms with Gasteiger partial charge < -0.3 is 14.5 Å². The predicted octanol–water partition coefficient (Wildman–Crippen LogP) is 3.42. The average Bonchev–Trinajstić information content (AvgIpc) is 3.49. The molecule has 0 aliphatic carbocycles. The van der Waals surface area contributed by atoms with Crippen LogP contribution in [0.1, 0.15) is 17.4 Å². The summed E-state index contributed by atoms with van der Waals surface area (Å²) in [5.74, 6) is -0.254. The number of nitrogens with zero attached hydrogens (tertiary/aromatic N) is 5. The van der Waals surface area contributed by atoms with E-state index in [1.165, 1.54) is 28.2 Å². The maximum absolute atomic E-state index is 13.4. The van der Waals surface area contributed by atoms with Crippen LogP contribution in [0.25, 0.3) is 16.3 Å². The van der Waals surface area contributed by atoms with Gasteiger partial charge in [-0.15, -0.1) is 11.3 Å². The van der Waals surface area contributed by atoms with Gasteiger partial charge in [0, 0.05) is 38.3 Å². The Kier molecular flexibility index (Phi) is 6.17. The molecule has 10 nitrogen and oxygen atoms in total. The van der Waals surface area contributed by atoms with Gasteiger partial charge in [-0.3, -0.25) is 14.9 Å². The van der Waals surface area contributed by atoms with Crippen molar-refractivity contribution in [2.45, 2.75) is 6.92 Å². The van der Waals surface area contributed by atoms with E-state index in [0.717, 1.165) is 4.88 Å². The van der Waals surface area contributed by atoms with Gasteiger partial charge in [-0.2, -0.15) is 5.10 Å². The summed E-state index contributed by atoms with van der Waals surface area (Å²) in [4.78, 5) is 40.2. The minimum atomic E-state index is -0.483. The van der Waals surface area contributed by atoms with Gasteiger partial charge in [0.15, 0.2) is 0 Å². The van der Waals surface area contributed by atoms with E-state index < -0.39 is 4.92 Å². The number of piperazine rings is 1. The maximum Gasteiger partial charge on any atom is 0.409 e. The number of rotatable bonds is 5. The van der Waals surface area contributed by atoms with Gasteiger partial charge in [-0.05, 0) is 30.5 Å². The van der Waals surface area contributed by atoms with Crippen LogP contribution in [0.5, 0.6) is 0 Å². The lowest BCUT2D eigenvalue weighted by Crippen LogP contribution is -2.51. The molecule has 0 N–H and O–H groups in total. The van der Waals surface area contributed by atoms with E-state index >= 15 is 0 Å². The van der Waals surface area contributed by atoms with Crippen molar-refractivity contribution in [3.8, 4) is 16.3 Å². The summed E-state index contributed by atoms with van der Waals surface area (Å²) in [5.41, 5.74) is 1.26. The molecule has 11 heteroatoms. The van der Waals surface area contributed by atoms with Gasteiger partial charge in [0.05, 0.1) is 22.1 Å². The molecule has 166 valence electrons. The molecule has 1 aliphatic heterocycles. The minimum Gasteiger partial charge on any atom is -0.450 e. The molecule has 1 saturated heterocycles. The van der Waals surface area contributed by atoms with Crippen LogP contribution in [0.15, 0.2) is 47.8 Å². The molecule has 1 fully saturated rings. The van der Waals surface area contributed by atoms with Crippen molar-refractivity contribution in [1.82, 2.24) is 19.6 Å². The number of hydrogen-bond acceptors (Lipinski definition) is 7. The first-order valence-electron chi connectivity index (χ1n) is 10.1. The number of carbonyl (C=O) groups is 2. The average molecular weight is 455 g/mol. The van der Waals surface area contributed by atoms with E-state index in [1.807, 2.05) is 17.5 Å². The fourth-order valence-corrected chi connectivity index (χ4v) is 4.16. The summed E-state index contributed by atoms with van der Waals surface area (Å²) >= 11 is 1.49. The van der Waals surface area contributed by atoms with Crippen LogP contribution in [-0.2, 0) is 4.74 Å². The quantitative estimate of drug-likeness (QED) is 0.431. The van der Waals surface area contributed by atoms with Crippen LogP contribution in [0, 0.1) is 10.1 Å². The maximum atomic E-state index is 13.4. The van der Waals surface area contributed by atoms with Gasteiger partial charge in [0.2, 0.25) is 0 Å². The first kappa shape index (κ1) is 21.5. The van der Waals surface area contributed by atoms with Crippen molar-refractivity contribution in [3.63, 3.8) is 0 Å². The highest BCUT2D eigenvalue weighted by atomic mass is 32.1. The number of benzene rings is 1. The highest BCUT2D eigenvalue weighted by molar-refractivity contribution is 7.13. The predicted molar refractivity (Wildman–Crippen MR) is 118 cm³/mol. The number of hydrogen-bond donors (Lipinski definition) is 0. The molecule has 0 atom stereocenters. The smallest absolute Gasteiger partial charge is 0.409 e. The molecule has 1 aliphatic rings. The Morgan fingerprint density at radius 2 is 1.88 bits per heavy atom. The third-order valence-corrected chi connectivity index (χ3v) is 5.97. The number of ether oxygens (including phenoxy) is 1. The van der Waals surface area contributed by atoms with Crippen LogP contribution in [0.3, 0.4) is 0 Å². The SMILES string of the molecule is CCOC(=O)N1CCN(C(=O)c2cc(-c3cccs3)nn2-c2cccc([N+](=O)[O-])c2)CC1. The zero-order valence-corrected chi connectivity index (χ0v) is 18.2. The second-order valence-electron chi connectivity index (χ2n) is 7.06. The lowest BCUT2D eigenvalue weighted by molar-refractivity contribution is -0.384. The standard InChI is InChI=1S/C21H21N5O5S/c1-2-31-21(28)24-10-8-23(9-11-24)20(27)18-14-17(19-7-4-12-32-19)22-25(18)15-5-3-6-16(13-15)26(29)30/h3-7,12-14H,2,8-11H2,1H3. The van der Waals surface area contributed by atoms with Gasteiger partial charge in [0.1, 0.15) is 11.4 Å². The molecule has 3 heterocycles. The molecule has 0 bridgehead atoms. The highest BCUT2D eigenvalue weighted by Gasteiger charge is 2.28. The van der Waals surface area contributed by atoms with Crippen molar-refractivity contribution >= 4 is 29.0 Å². The number of carbonyl (C=O) groups excluding carboxylic acids is 2. The summed E-state index contributed by atoms with van der Waals surface area (Å²) in [6.45, 7) is 3.49. The van der Waals surface area contributed by atoms with Gasteiger partial charge >= 0.3 is 6.09 Å². The molecule has 2 amide bonds. The van der Waals surface area contributed by atoms with Crippen LogP contribution in [0.4, 0.5) is 10.5 Å². The Labute approximate surface area is 187 Å². The summed E-state index contributed by atoms with van der Waals surface area (Å²) in [6.07, 6.45) is -0.388. The molecule has 3 aromatic rings. The minimum absolute atomic E-state index is 0.0860. The molecule has 0 unspecified atom stereocenters. The van der Waals surface area contributed by atoms with Crippen LogP contribution in [0.2, 0.25) is 0 Å². The van der Waals surface area contributed by atoms with E-state index in [9.17, 15) is 19.7 Å². The lowest BCUT2D eigenvalue weighted by Gasteiger charge is -2.34. The van der Waals surface area contributed by atoms with Crippen molar-refractivity contribution in [1.29, 1.82) is 0 Å². The summed E-state index contributed by atoms with van der Waals surface area (Å²) in [5, 5.41) is 17.7. The van der Waals surface area contributed by atoms with Crippen LogP contribution < -0.4 is 0 Å². The van der Waals surface area contributed by atoms with Crippen molar-refractivity contribution in [2.24, 2.45) is 0 Å². The monoisotopic (exact) mass is 455 g/mol. The molecule has 1 aromatic carbocycles. The zero-order chi connectivity index (χ0) is 22.7. The number of non-ortho nitro benzene ring substituents is 1. The number of aromatic nitrogens is 2. The molecule has 0 spiro atoms. The molecular weight excluding hydrogens is 434 g/mol. The van der Waals surface area contributed by atoms with E-state index in [0.29, 0.717) is 49.9 Å². The molecular formula is C21H21N5O5S. The number of amides is 2. The number of thiophene rings is 1. The van der Waals surface area contributed by atoms with E-state index in [4.69, 9.17) is 4.74 Å². The molecule has 0 radical (unpaired) electrons. The number of nitro benzene ring substituents is 1. The molecule has 4 rings (SSSR count). The first-order valence-corrected chi connectivity index (χ1v) is 11.0. The lowest BCUT2D eigenvalue weighted by atomic mass is 10.2. The third kappa shape index (κ3) is 4.33.